The maximum absolute atomic E-state index is 13.5. The summed E-state index contributed by atoms with van der Waals surface area (Å²) in [6, 6.07) is 21.0. The summed E-state index contributed by atoms with van der Waals surface area (Å²) in [4.78, 5) is 13.5. The number of hydrogen-bond acceptors (Lipinski definition) is 3. The smallest absolute Gasteiger partial charge is 0.268 e. The molecule has 1 unspecified atom stereocenters. The number of benzene rings is 3. The number of nitrogens with one attached hydrogen (secondary N) is 1. The second kappa shape index (κ2) is 9.61. The molecule has 34 heavy (non-hydrogen) atoms. The summed E-state index contributed by atoms with van der Waals surface area (Å²) in [5.41, 5.74) is 4.67. The Labute approximate surface area is 214 Å². The molecule has 1 amide bonds. The van der Waals surface area contributed by atoms with Crippen LogP contribution in [-0.4, -0.2) is 11.6 Å². The Kier molecular flexibility index (Phi) is 6.57. The molecule has 3 aromatic carbocycles. The van der Waals surface area contributed by atoms with Crippen LogP contribution in [0.25, 0.3) is 0 Å². The summed E-state index contributed by atoms with van der Waals surface area (Å²) >= 11 is 18.8. The third-order valence-electron chi connectivity index (χ3n) is 6.66. The summed E-state index contributed by atoms with van der Waals surface area (Å²) in [6.45, 7) is 2.02. The Hall–Kier alpha value is -2.53. The molecule has 0 aromatic heterocycles. The second-order valence-electron chi connectivity index (χ2n) is 8.83. The largest absolute Gasteiger partial charge is 0.344 e. The fraction of sp³-hybridized carbons (Fsp3) is 0.259. The molecule has 0 saturated heterocycles. The number of aryl methyl sites for hydroxylation is 1. The van der Waals surface area contributed by atoms with Gasteiger partial charge in [-0.1, -0.05) is 78.1 Å². The Morgan fingerprint density at radius 3 is 2.50 bits per heavy atom. The number of nitrogens with zero attached hydrogens (tertiary/aromatic N) is 2. The molecule has 0 bridgehead atoms. The molecule has 2 aliphatic rings. The van der Waals surface area contributed by atoms with Gasteiger partial charge < -0.3 is 5.32 Å². The number of halogens is 3. The summed E-state index contributed by atoms with van der Waals surface area (Å²) in [5, 5.41) is 11.6. The summed E-state index contributed by atoms with van der Waals surface area (Å²) in [6.07, 6.45) is 3.00. The van der Waals surface area contributed by atoms with Gasteiger partial charge in [-0.25, -0.2) is 0 Å². The van der Waals surface area contributed by atoms with Crippen molar-refractivity contribution in [3.05, 3.63) is 98.5 Å². The minimum Gasteiger partial charge on any atom is -0.344 e. The number of hydrazone groups is 1. The normalized spacial score (nSPS) is 21.7. The fourth-order valence-corrected chi connectivity index (χ4v) is 5.60. The lowest BCUT2D eigenvalue weighted by molar-refractivity contribution is -0.115. The standard InChI is InChI=1S/C27H24Cl3N3O/c1-16-25(27(34)31-23-8-4-6-17-5-2-3-7-21(17)23)32-33(24-14-13-20(29)15-22(24)30)26(16)18-9-11-19(28)12-10-18/h2-3,5,7,9-16,23,26H,4,6,8H2,1H3,(H,31,34)/t16-,23?,26+/m0/s1. The zero-order valence-corrected chi connectivity index (χ0v) is 20.9. The van der Waals surface area contributed by atoms with Gasteiger partial charge >= 0.3 is 0 Å². The van der Waals surface area contributed by atoms with Gasteiger partial charge in [-0.05, 0) is 66.3 Å². The van der Waals surface area contributed by atoms with E-state index in [1.807, 2.05) is 48.3 Å². The molecule has 1 aliphatic heterocycles. The summed E-state index contributed by atoms with van der Waals surface area (Å²) in [7, 11) is 0. The molecular weight excluding hydrogens is 489 g/mol. The molecule has 0 radical (unpaired) electrons. The van der Waals surface area contributed by atoms with E-state index < -0.39 is 0 Å². The molecule has 0 fully saturated rings. The predicted octanol–water partition coefficient (Wildman–Crippen LogP) is 7.39. The topological polar surface area (TPSA) is 44.7 Å². The molecule has 1 heterocycles. The van der Waals surface area contributed by atoms with Crippen molar-refractivity contribution in [1.82, 2.24) is 5.32 Å². The van der Waals surface area contributed by atoms with Crippen LogP contribution in [0.15, 0.2) is 71.8 Å². The van der Waals surface area contributed by atoms with E-state index >= 15 is 0 Å². The van der Waals surface area contributed by atoms with Crippen molar-refractivity contribution in [1.29, 1.82) is 0 Å². The molecule has 0 spiro atoms. The predicted molar refractivity (Wildman–Crippen MR) is 140 cm³/mol. The van der Waals surface area contributed by atoms with Gasteiger partial charge in [0.25, 0.3) is 5.91 Å². The minimum atomic E-state index is -0.213. The van der Waals surface area contributed by atoms with Crippen molar-refractivity contribution in [2.45, 2.75) is 38.3 Å². The first-order chi connectivity index (χ1) is 16.4. The number of hydrogen-bond donors (Lipinski definition) is 1. The van der Waals surface area contributed by atoms with Gasteiger partial charge in [0.2, 0.25) is 0 Å². The molecule has 5 rings (SSSR count). The van der Waals surface area contributed by atoms with E-state index in [0.29, 0.717) is 26.5 Å². The van der Waals surface area contributed by atoms with Crippen LogP contribution in [0.5, 0.6) is 0 Å². The van der Waals surface area contributed by atoms with E-state index in [1.54, 1.807) is 12.1 Å². The van der Waals surface area contributed by atoms with Gasteiger partial charge in [0.05, 0.1) is 22.8 Å². The lowest BCUT2D eigenvalue weighted by Crippen LogP contribution is -2.38. The van der Waals surface area contributed by atoms with E-state index in [1.165, 1.54) is 11.1 Å². The van der Waals surface area contributed by atoms with E-state index in [9.17, 15) is 4.79 Å². The lowest BCUT2D eigenvalue weighted by atomic mass is 9.87. The van der Waals surface area contributed by atoms with Gasteiger partial charge in [-0.15, -0.1) is 0 Å². The van der Waals surface area contributed by atoms with Gasteiger partial charge in [-0.2, -0.15) is 5.10 Å². The molecule has 4 nitrogen and oxygen atoms in total. The van der Waals surface area contributed by atoms with Crippen LogP contribution in [0.4, 0.5) is 5.69 Å². The second-order valence-corrected chi connectivity index (χ2v) is 10.1. The zero-order valence-electron chi connectivity index (χ0n) is 18.6. The van der Waals surface area contributed by atoms with Gasteiger partial charge in [0.1, 0.15) is 5.71 Å². The lowest BCUT2D eigenvalue weighted by Gasteiger charge is -2.28. The van der Waals surface area contributed by atoms with Crippen LogP contribution in [0.2, 0.25) is 15.1 Å². The molecule has 1 aliphatic carbocycles. The van der Waals surface area contributed by atoms with Crippen LogP contribution in [0, 0.1) is 5.92 Å². The third-order valence-corrected chi connectivity index (χ3v) is 7.45. The zero-order chi connectivity index (χ0) is 23.8. The van der Waals surface area contributed by atoms with E-state index in [4.69, 9.17) is 39.9 Å². The van der Waals surface area contributed by atoms with Crippen molar-refractivity contribution in [3.8, 4) is 0 Å². The molecule has 1 N–H and O–H groups in total. The first-order valence-corrected chi connectivity index (χ1v) is 12.5. The Bertz CT molecular complexity index is 1260. The maximum atomic E-state index is 13.5. The Morgan fingerprint density at radius 2 is 1.74 bits per heavy atom. The Balaban J connectivity index is 1.49. The molecule has 7 heteroatoms. The molecule has 3 atom stereocenters. The SMILES string of the molecule is C[C@H]1C(C(=O)NC2CCCc3ccccc32)=NN(c2ccc(Cl)cc2Cl)[C@H]1c1ccc(Cl)cc1. The molecular formula is C27H24Cl3N3O. The summed E-state index contributed by atoms with van der Waals surface area (Å²) < 4.78 is 0. The number of carbonyl (C=O) groups excluding carboxylic acids is 1. The maximum Gasteiger partial charge on any atom is 0.268 e. The van der Waals surface area contributed by atoms with Crippen molar-refractivity contribution >= 4 is 52.1 Å². The van der Waals surface area contributed by atoms with E-state index in [-0.39, 0.29) is 23.9 Å². The van der Waals surface area contributed by atoms with Crippen LogP contribution < -0.4 is 10.3 Å². The van der Waals surface area contributed by atoms with Gasteiger partial charge in [-0.3, -0.25) is 9.80 Å². The highest BCUT2D eigenvalue weighted by atomic mass is 35.5. The third kappa shape index (κ3) is 4.43. The van der Waals surface area contributed by atoms with Crippen LogP contribution >= 0.6 is 34.8 Å². The number of carbonyl (C=O) groups is 1. The average Bonchev–Trinajstić information content (AvgIpc) is 3.17. The highest BCUT2D eigenvalue weighted by Gasteiger charge is 2.40. The highest BCUT2D eigenvalue weighted by molar-refractivity contribution is 6.41. The van der Waals surface area contributed by atoms with Gasteiger partial charge in [0, 0.05) is 16.0 Å². The van der Waals surface area contributed by atoms with Crippen LogP contribution in [-0.2, 0) is 11.2 Å². The number of anilines is 1. The Morgan fingerprint density at radius 1 is 1.00 bits per heavy atom. The number of amides is 1. The summed E-state index contributed by atoms with van der Waals surface area (Å²) in [5.74, 6) is -0.326. The molecule has 0 saturated carbocycles. The molecule has 174 valence electrons. The first-order valence-electron chi connectivity index (χ1n) is 11.4. The number of rotatable bonds is 4. The minimum absolute atomic E-state index is 0.0190. The van der Waals surface area contributed by atoms with E-state index in [0.717, 1.165) is 24.8 Å². The van der Waals surface area contributed by atoms with Crippen molar-refractivity contribution in [3.63, 3.8) is 0 Å². The molecule has 3 aromatic rings. The number of fused-ring (bicyclic) bond motifs is 1. The van der Waals surface area contributed by atoms with Crippen molar-refractivity contribution in [2.75, 3.05) is 5.01 Å². The van der Waals surface area contributed by atoms with Crippen molar-refractivity contribution < 1.29 is 4.79 Å². The first kappa shape index (κ1) is 23.2. The van der Waals surface area contributed by atoms with E-state index in [2.05, 4.69) is 23.5 Å². The monoisotopic (exact) mass is 511 g/mol. The fourth-order valence-electron chi connectivity index (χ4n) is 4.98. The van der Waals surface area contributed by atoms with Gasteiger partial charge in [0.15, 0.2) is 0 Å². The van der Waals surface area contributed by atoms with Crippen LogP contribution in [0.1, 0.15) is 48.5 Å². The quantitative estimate of drug-likeness (QED) is 0.396. The highest BCUT2D eigenvalue weighted by Crippen LogP contribution is 2.43. The van der Waals surface area contributed by atoms with Crippen LogP contribution in [0.3, 0.4) is 0 Å². The average molecular weight is 513 g/mol. The van der Waals surface area contributed by atoms with Crippen molar-refractivity contribution in [2.24, 2.45) is 11.0 Å².